The minimum absolute atomic E-state index is 0. The van der Waals surface area contributed by atoms with Gasteiger partial charge in [-0.3, -0.25) is 0 Å². The zero-order valence-electron chi connectivity index (χ0n) is 14.8. The Labute approximate surface area is 171 Å². The fourth-order valence-corrected chi connectivity index (χ4v) is 2.78. The van der Waals surface area contributed by atoms with Gasteiger partial charge in [0.1, 0.15) is 0 Å². The van der Waals surface area contributed by atoms with Crippen LogP contribution in [0.25, 0.3) is 0 Å². The van der Waals surface area contributed by atoms with E-state index in [0.29, 0.717) is 19.0 Å². The van der Waals surface area contributed by atoms with Crippen molar-refractivity contribution in [3.8, 4) is 5.88 Å². The molecular weight excluding hydrogens is 447 g/mol. The molecule has 0 atom stereocenters. The highest BCUT2D eigenvalue weighted by atomic mass is 127. The molecule has 0 unspecified atom stereocenters. The molecule has 0 amide bonds. The quantitative estimate of drug-likeness (QED) is 0.330. The molecule has 2 heterocycles. The van der Waals surface area contributed by atoms with Gasteiger partial charge in [0.25, 0.3) is 0 Å². The first-order chi connectivity index (χ1) is 11.8. The van der Waals surface area contributed by atoms with Crippen molar-refractivity contribution in [2.45, 2.75) is 33.2 Å². The Balaban J connectivity index is 0.00000312. The minimum Gasteiger partial charge on any atom is -0.478 e. The van der Waals surface area contributed by atoms with Crippen molar-refractivity contribution in [1.82, 2.24) is 15.6 Å². The minimum atomic E-state index is 0. The summed E-state index contributed by atoms with van der Waals surface area (Å²) in [6.45, 7) is 7.15. The van der Waals surface area contributed by atoms with Gasteiger partial charge in [0.2, 0.25) is 5.88 Å². The normalized spacial score (nSPS) is 10.9. The number of pyridine rings is 1. The maximum Gasteiger partial charge on any atom is 0.213 e. The molecule has 2 aromatic heterocycles. The van der Waals surface area contributed by atoms with Crippen LogP contribution in [0, 0.1) is 0 Å². The molecule has 25 heavy (non-hydrogen) atoms. The van der Waals surface area contributed by atoms with Crippen molar-refractivity contribution in [3.63, 3.8) is 0 Å². The predicted octanol–water partition coefficient (Wildman–Crippen LogP) is 3.85. The number of guanidine groups is 1. The number of thiophene rings is 1. The number of ether oxygens (including phenoxy) is 1. The maximum absolute atomic E-state index is 5.49. The molecule has 0 aliphatic rings. The third-order valence-electron chi connectivity index (χ3n) is 3.26. The number of rotatable bonds is 9. The van der Waals surface area contributed by atoms with Gasteiger partial charge in [-0.15, -0.1) is 35.3 Å². The summed E-state index contributed by atoms with van der Waals surface area (Å²) in [6.07, 6.45) is 3.81. The number of aromatic nitrogens is 1. The van der Waals surface area contributed by atoms with E-state index in [9.17, 15) is 0 Å². The van der Waals surface area contributed by atoms with E-state index in [4.69, 9.17) is 4.74 Å². The maximum atomic E-state index is 5.49. The summed E-state index contributed by atoms with van der Waals surface area (Å²) in [7, 11) is 0. The molecule has 0 aliphatic carbocycles. The van der Waals surface area contributed by atoms with E-state index >= 15 is 0 Å². The lowest BCUT2D eigenvalue weighted by atomic mass is 10.3. The van der Waals surface area contributed by atoms with E-state index in [1.807, 2.05) is 18.3 Å². The van der Waals surface area contributed by atoms with E-state index in [2.05, 4.69) is 52.0 Å². The number of halogens is 1. The van der Waals surface area contributed by atoms with Crippen molar-refractivity contribution in [3.05, 3.63) is 46.3 Å². The standard InChI is InChI=1S/C18H26N4OS.HI/c1-3-11-23-17-8-7-15(13-21-17)14-22-18(19-4-2)20-10-9-16-6-5-12-24-16;/h5-8,12-13H,3-4,9-11,14H2,1-2H3,(H2,19,20,22);1H. The molecule has 0 radical (unpaired) electrons. The van der Waals surface area contributed by atoms with Gasteiger partial charge in [0, 0.05) is 30.2 Å². The van der Waals surface area contributed by atoms with Crippen LogP contribution in [0.5, 0.6) is 5.88 Å². The number of aliphatic imine (C=N–C) groups is 1. The summed E-state index contributed by atoms with van der Waals surface area (Å²) in [5.74, 6) is 1.51. The van der Waals surface area contributed by atoms with Crippen LogP contribution in [0.2, 0.25) is 0 Å². The zero-order valence-corrected chi connectivity index (χ0v) is 18.0. The zero-order chi connectivity index (χ0) is 17.0. The summed E-state index contributed by atoms with van der Waals surface area (Å²) in [5, 5.41) is 8.75. The topological polar surface area (TPSA) is 58.5 Å². The van der Waals surface area contributed by atoms with Gasteiger partial charge in [-0.2, -0.15) is 0 Å². The summed E-state index contributed by atoms with van der Waals surface area (Å²) in [6, 6.07) is 8.15. The number of hydrogen-bond acceptors (Lipinski definition) is 4. The first-order valence-electron chi connectivity index (χ1n) is 8.44. The van der Waals surface area contributed by atoms with Crippen LogP contribution < -0.4 is 15.4 Å². The van der Waals surface area contributed by atoms with Crippen LogP contribution in [0.1, 0.15) is 30.7 Å². The second kappa shape index (κ2) is 12.9. The number of nitrogens with zero attached hydrogens (tertiary/aromatic N) is 2. The molecule has 0 saturated carbocycles. The van der Waals surface area contributed by atoms with Crippen LogP contribution in [0.4, 0.5) is 0 Å². The average molecular weight is 474 g/mol. The molecule has 0 spiro atoms. The van der Waals surface area contributed by atoms with E-state index < -0.39 is 0 Å². The average Bonchev–Trinajstić information content (AvgIpc) is 3.12. The van der Waals surface area contributed by atoms with E-state index in [-0.39, 0.29) is 24.0 Å². The highest BCUT2D eigenvalue weighted by Gasteiger charge is 2.00. The molecule has 2 rings (SSSR count). The lowest BCUT2D eigenvalue weighted by Crippen LogP contribution is -2.38. The highest BCUT2D eigenvalue weighted by Crippen LogP contribution is 2.09. The molecule has 0 saturated heterocycles. The summed E-state index contributed by atoms with van der Waals surface area (Å²) >= 11 is 1.78. The van der Waals surface area contributed by atoms with Crippen molar-refractivity contribution in [1.29, 1.82) is 0 Å². The Kier molecular flexibility index (Phi) is 11.2. The molecule has 5 nitrogen and oxygen atoms in total. The highest BCUT2D eigenvalue weighted by molar-refractivity contribution is 14.0. The third-order valence-corrected chi connectivity index (χ3v) is 4.20. The Hall–Kier alpha value is -1.35. The second-order valence-corrected chi connectivity index (χ2v) is 6.34. The molecule has 0 bridgehead atoms. The molecule has 0 fully saturated rings. The molecule has 0 aromatic carbocycles. The van der Waals surface area contributed by atoms with Crippen molar-refractivity contribution >= 4 is 41.3 Å². The molecule has 2 aromatic rings. The smallest absolute Gasteiger partial charge is 0.213 e. The summed E-state index contributed by atoms with van der Waals surface area (Å²) in [4.78, 5) is 10.3. The Bertz CT molecular complexity index is 602. The lowest BCUT2D eigenvalue weighted by Gasteiger charge is -2.11. The van der Waals surface area contributed by atoms with Gasteiger partial charge in [-0.1, -0.05) is 19.1 Å². The van der Waals surface area contributed by atoms with Gasteiger partial charge in [0.15, 0.2) is 5.96 Å². The summed E-state index contributed by atoms with van der Waals surface area (Å²) in [5.41, 5.74) is 1.06. The van der Waals surface area contributed by atoms with Crippen molar-refractivity contribution in [2.75, 3.05) is 19.7 Å². The van der Waals surface area contributed by atoms with Crippen LogP contribution >= 0.6 is 35.3 Å². The van der Waals surface area contributed by atoms with Gasteiger partial charge < -0.3 is 15.4 Å². The molecular formula is C18H27IN4OS. The first-order valence-corrected chi connectivity index (χ1v) is 9.32. The predicted molar refractivity (Wildman–Crippen MR) is 116 cm³/mol. The molecule has 7 heteroatoms. The van der Waals surface area contributed by atoms with Gasteiger partial charge in [0.05, 0.1) is 13.2 Å². The largest absolute Gasteiger partial charge is 0.478 e. The molecule has 0 aliphatic heterocycles. The summed E-state index contributed by atoms with van der Waals surface area (Å²) < 4.78 is 5.49. The van der Waals surface area contributed by atoms with Crippen molar-refractivity contribution < 1.29 is 4.74 Å². The van der Waals surface area contributed by atoms with E-state index in [0.717, 1.165) is 37.5 Å². The Morgan fingerprint density at radius 1 is 1.24 bits per heavy atom. The fourth-order valence-electron chi connectivity index (χ4n) is 2.07. The Morgan fingerprint density at radius 2 is 2.12 bits per heavy atom. The number of nitrogens with one attached hydrogen (secondary N) is 2. The third kappa shape index (κ3) is 8.53. The number of hydrogen-bond donors (Lipinski definition) is 2. The lowest BCUT2D eigenvalue weighted by molar-refractivity contribution is 0.305. The van der Waals surface area contributed by atoms with Gasteiger partial charge in [-0.05, 0) is 36.8 Å². The van der Waals surface area contributed by atoms with Gasteiger partial charge in [-0.25, -0.2) is 9.98 Å². The first kappa shape index (κ1) is 21.7. The van der Waals surface area contributed by atoms with E-state index in [1.54, 1.807) is 11.3 Å². The SMILES string of the molecule is CCCOc1ccc(CN=C(NCC)NCCc2cccs2)cn1.I. The van der Waals surface area contributed by atoms with Crippen molar-refractivity contribution in [2.24, 2.45) is 4.99 Å². The van der Waals surface area contributed by atoms with Crippen LogP contribution in [-0.4, -0.2) is 30.6 Å². The molecule has 138 valence electrons. The Morgan fingerprint density at radius 3 is 2.76 bits per heavy atom. The van der Waals surface area contributed by atoms with Crippen LogP contribution in [-0.2, 0) is 13.0 Å². The second-order valence-electron chi connectivity index (χ2n) is 5.30. The van der Waals surface area contributed by atoms with Crippen LogP contribution in [0.15, 0.2) is 40.8 Å². The van der Waals surface area contributed by atoms with E-state index in [1.165, 1.54) is 4.88 Å². The monoisotopic (exact) mass is 474 g/mol. The fraction of sp³-hybridized carbons (Fsp3) is 0.444. The molecule has 2 N–H and O–H groups in total. The van der Waals surface area contributed by atoms with Crippen LogP contribution in [0.3, 0.4) is 0 Å². The van der Waals surface area contributed by atoms with Gasteiger partial charge >= 0.3 is 0 Å².